The Labute approximate surface area is 172 Å². The number of aromatic amines is 1. The summed E-state index contributed by atoms with van der Waals surface area (Å²) in [6, 6.07) is 4.56. The van der Waals surface area contributed by atoms with Crippen molar-refractivity contribution in [1.82, 2.24) is 20.1 Å². The first-order chi connectivity index (χ1) is 14.2. The van der Waals surface area contributed by atoms with E-state index in [4.69, 9.17) is 4.74 Å². The average molecular weight is 401 g/mol. The van der Waals surface area contributed by atoms with Crippen molar-refractivity contribution in [2.75, 3.05) is 39.4 Å². The molecule has 2 aliphatic carbocycles. The summed E-state index contributed by atoms with van der Waals surface area (Å²) in [5.74, 6) is 0.548. The Hall–Kier alpha value is -1.86. The predicted octanol–water partition coefficient (Wildman–Crippen LogP) is 1.63. The number of ether oxygens (including phenoxy) is 1. The Morgan fingerprint density at radius 3 is 2.69 bits per heavy atom. The van der Waals surface area contributed by atoms with Crippen molar-refractivity contribution in [3.63, 3.8) is 0 Å². The molecule has 0 unspecified atom stereocenters. The summed E-state index contributed by atoms with van der Waals surface area (Å²) < 4.78 is 5.53. The minimum atomic E-state index is -0.439. The molecule has 2 aliphatic heterocycles. The van der Waals surface area contributed by atoms with E-state index >= 15 is 0 Å². The van der Waals surface area contributed by atoms with E-state index in [2.05, 4.69) is 15.2 Å². The van der Waals surface area contributed by atoms with Gasteiger partial charge in [0.2, 0.25) is 5.91 Å². The fraction of sp³-hybridized carbons (Fsp3) is 0.727. The van der Waals surface area contributed by atoms with Crippen molar-refractivity contribution in [3.05, 3.63) is 24.0 Å². The topological polar surface area (TPSA) is 77.7 Å². The van der Waals surface area contributed by atoms with Crippen LogP contribution in [0.15, 0.2) is 18.3 Å². The summed E-state index contributed by atoms with van der Waals surface area (Å²) >= 11 is 0. The number of carbonyl (C=O) groups is 2. The Balaban J connectivity index is 1.35. The first-order valence-electron chi connectivity index (χ1n) is 11.2. The second-order valence-corrected chi connectivity index (χ2v) is 9.28. The molecule has 1 aromatic heterocycles. The highest BCUT2D eigenvalue weighted by molar-refractivity contribution is 5.93. The van der Waals surface area contributed by atoms with Gasteiger partial charge in [-0.2, -0.15) is 0 Å². The minimum Gasteiger partial charge on any atom is -0.379 e. The van der Waals surface area contributed by atoms with E-state index in [1.54, 1.807) is 6.20 Å². The molecule has 3 atom stereocenters. The summed E-state index contributed by atoms with van der Waals surface area (Å²) in [4.78, 5) is 33.9. The molecule has 1 aromatic rings. The van der Waals surface area contributed by atoms with Crippen LogP contribution >= 0.6 is 0 Å². The molecular formula is C22H32N4O3. The number of amides is 2. The first-order valence-corrected chi connectivity index (χ1v) is 11.2. The Bertz CT molecular complexity index is 741. The van der Waals surface area contributed by atoms with Gasteiger partial charge in [0.1, 0.15) is 5.69 Å². The zero-order chi connectivity index (χ0) is 19.8. The maximum absolute atomic E-state index is 13.5. The van der Waals surface area contributed by atoms with Gasteiger partial charge in [0, 0.05) is 44.5 Å². The van der Waals surface area contributed by atoms with Gasteiger partial charge in [0.05, 0.1) is 18.6 Å². The van der Waals surface area contributed by atoms with E-state index in [-0.39, 0.29) is 11.8 Å². The van der Waals surface area contributed by atoms with Crippen molar-refractivity contribution in [1.29, 1.82) is 0 Å². The molecule has 2 amide bonds. The smallest absolute Gasteiger partial charge is 0.270 e. The Morgan fingerprint density at radius 1 is 1.14 bits per heavy atom. The Kier molecular flexibility index (Phi) is 5.12. The van der Waals surface area contributed by atoms with Crippen LogP contribution in [0.3, 0.4) is 0 Å². The third-order valence-electron chi connectivity index (χ3n) is 7.52. The molecule has 4 aliphatic rings. The molecule has 0 radical (unpaired) electrons. The summed E-state index contributed by atoms with van der Waals surface area (Å²) in [5.41, 5.74) is 0.175. The molecular weight excluding hydrogens is 368 g/mol. The van der Waals surface area contributed by atoms with Crippen LogP contribution in [0.4, 0.5) is 0 Å². The van der Waals surface area contributed by atoms with E-state index in [0.29, 0.717) is 30.2 Å². The third-order valence-corrected chi connectivity index (χ3v) is 7.52. The highest BCUT2D eigenvalue weighted by Crippen LogP contribution is 2.48. The van der Waals surface area contributed by atoms with Crippen molar-refractivity contribution in [3.8, 4) is 0 Å². The van der Waals surface area contributed by atoms with Crippen LogP contribution in [0.5, 0.6) is 0 Å². The molecule has 0 aromatic carbocycles. The lowest BCUT2D eigenvalue weighted by Crippen LogP contribution is -2.61. The number of H-pyrrole nitrogens is 1. The van der Waals surface area contributed by atoms with Gasteiger partial charge in [-0.3, -0.25) is 14.5 Å². The maximum Gasteiger partial charge on any atom is 0.270 e. The van der Waals surface area contributed by atoms with Crippen LogP contribution in [-0.4, -0.2) is 78.1 Å². The van der Waals surface area contributed by atoms with E-state index in [0.717, 1.165) is 71.4 Å². The number of likely N-dealkylation sites (tertiary alicyclic amines) is 1. The van der Waals surface area contributed by atoms with E-state index in [1.807, 2.05) is 17.0 Å². The molecule has 0 bridgehead atoms. The monoisotopic (exact) mass is 400 g/mol. The molecule has 29 heavy (non-hydrogen) atoms. The first kappa shape index (κ1) is 19.1. The number of nitrogens with zero attached hydrogens (tertiary/aromatic N) is 2. The Morgan fingerprint density at radius 2 is 1.97 bits per heavy atom. The van der Waals surface area contributed by atoms with Crippen LogP contribution in [0.2, 0.25) is 0 Å². The summed E-state index contributed by atoms with van der Waals surface area (Å²) in [5, 5.41) is 3.28. The third kappa shape index (κ3) is 3.70. The lowest BCUT2D eigenvalue weighted by molar-refractivity contribution is -0.143. The minimum absolute atomic E-state index is 0.0161. The molecule has 158 valence electrons. The lowest BCUT2D eigenvalue weighted by atomic mass is 9.60. The second kappa shape index (κ2) is 7.76. The molecule has 2 saturated heterocycles. The summed E-state index contributed by atoms with van der Waals surface area (Å²) in [6.07, 6.45) is 7.82. The summed E-state index contributed by atoms with van der Waals surface area (Å²) in [6.45, 7) is 4.90. The molecule has 2 N–H and O–H groups in total. The van der Waals surface area contributed by atoms with Crippen molar-refractivity contribution < 1.29 is 14.3 Å². The predicted molar refractivity (Wildman–Crippen MR) is 108 cm³/mol. The van der Waals surface area contributed by atoms with Crippen LogP contribution in [0.1, 0.15) is 49.0 Å². The van der Waals surface area contributed by atoms with Gasteiger partial charge in [-0.1, -0.05) is 0 Å². The number of nitrogens with one attached hydrogen (secondary N) is 2. The largest absolute Gasteiger partial charge is 0.379 e. The molecule has 3 heterocycles. The fourth-order valence-corrected chi connectivity index (χ4v) is 5.64. The summed E-state index contributed by atoms with van der Waals surface area (Å²) in [7, 11) is 0. The quantitative estimate of drug-likeness (QED) is 0.805. The molecule has 7 nitrogen and oxygen atoms in total. The van der Waals surface area contributed by atoms with Gasteiger partial charge in [0.15, 0.2) is 0 Å². The van der Waals surface area contributed by atoms with Gasteiger partial charge in [-0.05, 0) is 56.6 Å². The lowest BCUT2D eigenvalue weighted by Gasteiger charge is -2.53. The number of aromatic nitrogens is 1. The van der Waals surface area contributed by atoms with Crippen molar-refractivity contribution in [2.24, 2.45) is 11.3 Å². The molecule has 5 rings (SSSR count). The van der Waals surface area contributed by atoms with Crippen molar-refractivity contribution >= 4 is 11.8 Å². The average Bonchev–Trinajstić information content (AvgIpc) is 3.41. The van der Waals surface area contributed by atoms with Crippen LogP contribution in [0, 0.1) is 11.3 Å². The van der Waals surface area contributed by atoms with Crippen molar-refractivity contribution in [2.45, 2.75) is 50.6 Å². The van der Waals surface area contributed by atoms with E-state index in [1.165, 1.54) is 0 Å². The number of rotatable bonds is 4. The van der Waals surface area contributed by atoms with Crippen LogP contribution < -0.4 is 5.32 Å². The van der Waals surface area contributed by atoms with E-state index in [9.17, 15) is 9.59 Å². The number of carbonyl (C=O) groups excluding carboxylic acids is 2. The normalized spacial score (nSPS) is 33.2. The molecule has 0 spiro atoms. The highest BCUT2D eigenvalue weighted by Gasteiger charge is 2.54. The van der Waals surface area contributed by atoms with E-state index < -0.39 is 5.41 Å². The standard InChI is InChI=1S/C22H32N4O3/c27-20(19-2-1-8-23-19)26-9-6-16-14-18(25-10-12-29-13-11-25)5-7-22(16,15-26)21(28)24-17-3-4-17/h1-2,8,16-18,23H,3-7,9-15H2,(H,24,28)/t16-,18+,22-/m1/s1. The van der Waals surface area contributed by atoms with Crippen LogP contribution in [0.25, 0.3) is 0 Å². The van der Waals surface area contributed by atoms with Gasteiger partial charge >= 0.3 is 0 Å². The SMILES string of the molecule is O=C(c1ccc[nH]1)N1CC[C@@H]2C[C@@H](N3CCOCC3)CC[C@@]2(C(=O)NC2CC2)C1. The van der Waals surface area contributed by atoms with Gasteiger partial charge in [0.25, 0.3) is 5.91 Å². The van der Waals surface area contributed by atoms with Crippen LogP contribution in [-0.2, 0) is 9.53 Å². The number of fused-ring (bicyclic) bond motifs is 1. The number of morpholine rings is 1. The number of hydrogen-bond donors (Lipinski definition) is 2. The fourth-order valence-electron chi connectivity index (χ4n) is 5.64. The maximum atomic E-state index is 13.5. The molecule has 7 heteroatoms. The molecule has 2 saturated carbocycles. The highest BCUT2D eigenvalue weighted by atomic mass is 16.5. The number of piperidine rings is 1. The zero-order valence-electron chi connectivity index (χ0n) is 17.1. The number of hydrogen-bond acceptors (Lipinski definition) is 4. The molecule has 4 fully saturated rings. The van der Waals surface area contributed by atoms with Gasteiger partial charge < -0.3 is 19.9 Å². The second-order valence-electron chi connectivity index (χ2n) is 9.28. The van der Waals surface area contributed by atoms with Gasteiger partial charge in [-0.15, -0.1) is 0 Å². The van der Waals surface area contributed by atoms with Gasteiger partial charge in [-0.25, -0.2) is 0 Å². The zero-order valence-corrected chi connectivity index (χ0v) is 17.1.